The van der Waals surface area contributed by atoms with Gasteiger partial charge in [-0.05, 0) is 0 Å². The van der Waals surface area contributed by atoms with Crippen molar-refractivity contribution >= 4 is 22.2 Å². The molecule has 0 amide bonds. The lowest BCUT2D eigenvalue weighted by atomic mass is 10.1. The highest BCUT2D eigenvalue weighted by Crippen LogP contribution is 2.31. The van der Waals surface area contributed by atoms with Gasteiger partial charge in [-0.15, -0.1) is 13.2 Å². The Bertz CT molecular complexity index is 423. The number of methoxy groups -OCH3 is 1. The fourth-order valence-electron chi connectivity index (χ4n) is 1.15. The number of hydrogen-bond donors (Lipinski definition) is 0. The lowest BCUT2D eigenvalue weighted by Gasteiger charge is -2.13. The van der Waals surface area contributed by atoms with E-state index in [1.807, 2.05) is 0 Å². The molecule has 0 unspecified atom stereocenters. The van der Waals surface area contributed by atoms with Crippen LogP contribution in [0.2, 0.25) is 0 Å². The molecule has 0 aliphatic carbocycles. The van der Waals surface area contributed by atoms with Gasteiger partial charge in [-0.1, -0.05) is 15.9 Å². The summed E-state index contributed by atoms with van der Waals surface area (Å²) >= 11 is 3.05. The average molecular weight is 314 g/mol. The summed E-state index contributed by atoms with van der Waals surface area (Å²) in [5.74, 6) is -0.582. The first kappa shape index (κ1) is 13.8. The van der Waals surface area contributed by atoms with E-state index >= 15 is 0 Å². The number of ether oxygens (including phenoxy) is 2. The van der Waals surface area contributed by atoms with Gasteiger partial charge in [-0.2, -0.15) is 0 Å². The number of pyridine rings is 1. The summed E-state index contributed by atoms with van der Waals surface area (Å²) < 4.78 is 44.7. The molecule has 4 nitrogen and oxygen atoms in total. The standard InChI is InChI=1S/C9H7BrF3NO3/c1-16-7-3-14-8(17-9(11,12)13)6(4-15)5(7)2-10/h3-4H,2H2,1H3. The topological polar surface area (TPSA) is 48.4 Å². The third-order valence-corrected chi connectivity index (χ3v) is 2.40. The smallest absolute Gasteiger partial charge is 0.495 e. The van der Waals surface area contributed by atoms with E-state index < -0.39 is 12.2 Å². The first-order valence-corrected chi connectivity index (χ1v) is 5.37. The molecular weight excluding hydrogens is 307 g/mol. The van der Waals surface area contributed by atoms with Gasteiger partial charge in [0.1, 0.15) is 5.75 Å². The van der Waals surface area contributed by atoms with Gasteiger partial charge in [-0.3, -0.25) is 4.79 Å². The number of hydrogen-bond acceptors (Lipinski definition) is 4. The maximum Gasteiger partial charge on any atom is 0.574 e. The molecule has 0 bridgehead atoms. The summed E-state index contributed by atoms with van der Waals surface area (Å²) in [6.45, 7) is 0. The predicted octanol–water partition coefficient (Wildman–Crippen LogP) is 2.70. The van der Waals surface area contributed by atoms with E-state index in [1.165, 1.54) is 7.11 Å². The second-order valence-electron chi connectivity index (χ2n) is 2.82. The molecule has 0 radical (unpaired) electrons. The van der Waals surface area contributed by atoms with Crippen molar-refractivity contribution in [1.82, 2.24) is 4.98 Å². The Morgan fingerprint density at radius 2 is 2.18 bits per heavy atom. The van der Waals surface area contributed by atoms with Crippen LogP contribution in [0.25, 0.3) is 0 Å². The Hall–Kier alpha value is -1.31. The molecular formula is C9H7BrF3NO3. The zero-order valence-corrected chi connectivity index (χ0v) is 10.1. The number of carbonyl (C=O) groups excluding carboxylic acids is 1. The van der Waals surface area contributed by atoms with Crippen LogP contribution in [0.3, 0.4) is 0 Å². The van der Waals surface area contributed by atoms with Gasteiger partial charge in [0.05, 0.1) is 18.9 Å². The lowest BCUT2D eigenvalue weighted by molar-refractivity contribution is -0.276. The molecule has 0 N–H and O–H groups in total. The lowest BCUT2D eigenvalue weighted by Crippen LogP contribution is -2.19. The molecule has 94 valence electrons. The number of nitrogens with zero attached hydrogens (tertiary/aromatic N) is 1. The monoisotopic (exact) mass is 313 g/mol. The van der Waals surface area contributed by atoms with Crippen LogP contribution in [0.5, 0.6) is 11.6 Å². The Kier molecular flexibility index (Phi) is 4.33. The molecule has 1 aromatic rings. The second-order valence-corrected chi connectivity index (χ2v) is 3.38. The first-order valence-electron chi connectivity index (χ1n) is 4.25. The Balaban J connectivity index is 3.28. The van der Waals surface area contributed by atoms with E-state index in [2.05, 4.69) is 25.7 Å². The highest BCUT2D eigenvalue weighted by Gasteiger charge is 2.33. The first-order chi connectivity index (χ1) is 7.92. The van der Waals surface area contributed by atoms with Crippen molar-refractivity contribution in [3.05, 3.63) is 17.3 Å². The van der Waals surface area contributed by atoms with Crippen LogP contribution in [0, 0.1) is 0 Å². The predicted molar refractivity (Wildman–Crippen MR) is 55.5 cm³/mol. The molecule has 0 saturated carbocycles. The third kappa shape index (κ3) is 3.32. The molecule has 0 saturated heterocycles. The molecule has 0 spiro atoms. The number of rotatable bonds is 4. The molecule has 1 rings (SSSR count). The van der Waals surface area contributed by atoms with Crippen LogP contribution in [0.1, 0.15) is 15.9 Å². The SMILES string of the molecule is COc1cnc(OC(F)(F)F)c(C=O)c1CBr. The van der Waals surface area contributed by atoms with Crippen molar-refractivity contribution in [2.75, 3.05) is 7.11 Å². The highest BCUT2D eigenvalue weighted by molar-refractivity contribution is 9.08. The van der Waals surface area contributed by atoms with Crippen molar-refractivity contribution in [3.63, 3.8) is 0 Å². The molecule has 8 heteroatoms. The van der Waals surface area contributed by atoms with Gasteiger partial charge in [0.2, 0.25) is 5.88 Å². The van der Waals surface area contributed by atoms with Gasteiger partial charge >= 0.3 is 6.36 Å². The van der Waals surface area contributed by atoms with Crippen molar-refractivity contribution in [3.8, 4) is 11.6 Å². The van der Waals surface area contributed by atoms with Crippen molar-refractivity contribution < 1.29 is 27.4 Å². The molecule has 0 aliphatic rings. The van der Waals surface area contributed by atoms with Gasteiger partial charge in [-0.25, -0.2) is 4.98 Å². The normalized spacial score (nSPS) is 11.1. The zero-order chi connectivity index (χ0) is 13.1. The van der Waals surface area contributed by atoms with Gasteiger partial charge in [0.15, 0.2) is 6.29 Å². The maximum absolute atomic E-state index is 12.1. The van der Waals surface area contributed by atoms with Crippen molar-refractivity contribution in [2.45, 2.75) is 11.7 Å². The van der Waals surface area contributed by atoms with Crippen LogP contribution in [-0.2, 0) is 5.33 Å². The zero-order valence-electron chi connectivity index (χ0n) is 8.55. The Morgan fingerprint density at radius 3 is 2.59 bits per heavy atom. The van der Waals surface area contributed by atoms with E-state index in [-0.39, 0.29) is 28.5 Å². The third-order valence-electron chi connectivity index (χ3n) is 1.84. The maximum atomic E-state index is 12.1. The van der Waals surface area contributed by atoms with Crippen LogP contribution in [-0.4, -0.2) is 24.7 Å². The quantitative estimate of drug-likeness (QED) is 0.633. The van der Waals surface area contributed by atoms with Gasteiger partial charge in [0, 0.05) is 10.9 Å². The van der Waals surface area contributed by atoms with Crippen molar-refractivity contribution in [2.24, 2.45) is 0 Å². The number of halogens is 4. The van der Waals surface area contributed by atoms with E-state index in [4.69, 9.17) is 4.74 Å². The molecule has 0 atom stereocenters. The molecule has 17 heavy (non-hydrogen) atoms. The largest absolute Gasteiger partial charge is 0.574 e. The summed E-state index contributed by atoms with van der Waals surface area (Å²) in [6.07, 6.45) is -3.60. The summed E-state index contributed by atoms with van der Waals surface area (Å²) in [6, 6.07) is 0. The van der Waals surface area contributed by atoms with Gasteiger partial charge in [0.25, 0.3) is 0 Å². The van der Waals surface area contributed by atoms with E-state index in [9.17, 15) is 18.0 Å². The average Bonchev–Trinajstić information content (AvgIpc) is 2.26. The minimum atomic E-state index is -4.90. The van der Waals surface area contributed by atoms with Crippen LogP contribution >= 0.6 is 15.9 Å². The molecule has 1 heterocycles. The highest BCUT2D eigenvalue weighted by atomic mass is 79.9. The number of aromatic nitrogens is 1. The van der Waals surface area contributed by atoms with Crippen LogP contribution in [0.15, 0.2) is 6.20 Å². The van der Waals surface area contributed by atoms with E-state index in [0.717, 1.165) is 6.20 Å². The summed E-state index contributed by atoms with van der Waals surface area (Å²) in [5, 5.41) is 0.140. The van der Waals surface area contributed by atoms with E-state index in [0.29, 0.717) is 0 Å². The number of carbonyl (C=O) groups is 1. The Labute approximate surface area is 103 Å². The number of aldehydes is 1. The summed E-state index contributed by atoms with van der Waals surface area (Å²) in [5.41, 5.74) is -0.0460. The minimum Gasteiger partial charge on any atom is -0.495 e. The van der Waals surface area contributed by atoms with Crippen LogP contribution < -0.4 is 9.47 Å². The second kappa shape index (κ2) is 5.35. The Morgan fingerprint density at radius 1 is 1.53 bits per heavy atom. The summed E-state index contributed by atoms with van der Waals surface area (Å²) in [7, 11) is 1.32. The summed E-state index contributed by atoms with van der Waals surface area (Å²) in [4.78, 5) is 14.2. The van der Waals surface area contributed by atoms with Crippen LogP contribution in [0.4, 0.5) is 13.2 Å². The fraction of sp³-hybridized carbons (Fsp3) is 0.333. The molecule has 0 aliphatic heterocycles. The minimum absolute atomic E-state index is 0.140. The fourth-order valence-corrected chi connectivity index (χ4v) is 1.73. The molecule has 0 aromatic carbocycles. The van der Waals surface area contributed by atoms with Gasteiger partial charge < -0.3 is 9.47 Å². The number of alkyl halides is 4. The van der Waals surface area contributed by atoms with Crippen molar-refractivity contribution in [1.29, 1.82) is 0 Å². The molecule has 1 aromatic heterocycles. The molecule has 0 fully saturated rings. The van der Waals surface area contributed by atoms with E-state index in [1.54, 1.807) is 0 Å².